The fourth-order valence-electron chi connectivity index (χ4n) is 1.58. The third-order valence-electron chi connectivity index (χ3n) is 2.49. The molecule has 1 saturated carbocycles. The molecular formula is C8H13NO4. The Balaban J connectivity index is 2.68. The van der Waals surface area contributed by atoms with Gasteiger partial charge in [-0.1, -0.05) is 0 Å². The van der Waals surface area contributed by atoms with Gasteiger partial charge in [-0.15, -0.1) is 0 Å². The second-order valence-electron chi connectivity index (χ2n) is 3.30. The van der Waals surface area contributed by atoms with Crippen LogP contribution in [0.5, 0.6) is 0 Å². The molecule has 0 bridgehead atoms. The zero-order valence-corrected chi connectivity index (χ0v) is 7.23. The van der Waals surface area contributed by atoms with Crippen molar-refractivity contribution in [2.75, 3.05) is 0 Å². The minimum Gasteiger partial charge on any atom is -0.451 e. The highest BCUT2D eigenvalue weighted by molar-refractivity contribution is 5.84. The summed E-state index contributed by atoms with van der Waals surface area (Å²) in [5.74, 6) is -0.633. The van der Waals surface area contributed by atoms with Crippen molar-refractivity contribution in [3.63, 3.8) is 0 Å². The Bertz CT molecular complexity index is 208. The maximum atomic E-state index is 11.0. The normalized spacial score (nSPS) is 33.8. The van der Waals surface area contributed by atoms with Crippen LogP contribution < -0.4 is 5.73 Å². The lowest BCUT2D eigenvalue weighted by atomic mass is 9.82. The molecule has 1 amide bonds. The van der Waals surface area contributed by atoms with Gasteiger partial charge < -0.3 is 15.6 Å². The predicted molar refractivity (Wildman–Crippen MR) is 43.5 cm³/mol. The molecule has 0 aliphatic heterocycles. The number of carbonyl (C=O) groups excluding carboxylic acids is 2. The summed E-state index contributed by atoms with van der Waals surface area (Å²) >= 11 is 0. The lowest BCUT2D eigenvalue weighted by Gasteiger charge is -2.34. The highest BCUT2D eigenvalue weighted by atomic mass is 16.5. The van der Waals surface area contributed by atoms with Crippen LogP contribution in [0.1, 0.15) is 25.7 Å². The van der Waals surface area contributed by atoms with Gasteiger partial charge in [0.25, 0.3) is 12.4 Å². The first kappa shape index (κ1) is 9.98. The van der Waals surface area contributed by atoms with E-state index in [4.69, 9.17) is 10.5 Å². The predicted octanol–water partition coefficient (Wildman–Crippen LogP) is -0.682. The van der Waals surface area contributed by atoms with Crippen molar-refractivity contribution in [2.45, 2.75) is 37.4 Å². The Labute approximate surface area is 75.9 Å². The van der Waals surface area contributed by atoms with Crippen LogP contribution in [-0.4, -0.2) is 29.2 Å². The quantitative estimate of drug-likeness (QED) is 0.573. The summed E-state index contributed by atoms with van der Waals surface area (Å²) in [6.45, 7) is 0.239. The molecular weight excluding hydrogens is 174 g/mol. The maximum Gasteiger partial charge on any atom is 0.294 e. The molecule has 0 aromatic heterocycles. The van der Waals surface area contributed by atoms with Crippen LogP contribution in [0.4, 0.5) is 0 Å². The van der Waals surface area contributed by atoms with Gasteiger partial charge in [-0.05, 0) is 25.7 Å². The van der Waals surface area contributed by atoms with E-state index in [0.29, 0.717) is 25.7 Å². The SMILES string of the molecule is NC(=O)C1(OC=O)CCC(O)CC1. The summed E-state index contributed by atoms with van der Waals surface area (Å²) in [5, 5.41) is 9.20. The molecule has 1 rings (SSSR count). The van der Waals surface area contributed by atoms with E-state index in [-0.39, 0.29) is 6.47 Å². The average Bonchev–Trinajstić information content (AvgIpc) is 2.09. The molecule has 5 nitrogen and oxygen atoms in total. The second kappa shape index (κ2) is 3.74. The van der Waals surface area contributed by atoms with Crippen LogP contribution in [0.2, 0.25) is 0 Å². The van der Waals surface area contributed by atoms with Crippen LogP contribution in [0.25, 0.3) is 0 Å². The minimum absolute atomic E-state index is 0.239. The highest BCUT2D eigenvalue weighted by Gasteiger charge is 2.42. The highest BCUT2D eigenvalue weighted by Crippen LogP contribution is 2.30. The Kier molecular flexibility index (Phi) is 2.87. The van der Waals surface area contributed by atoms with E-state index < -0.39 is 17.6 Å². The van der Waals surface area contributed by atoms with E-state index >= 15 is 0 Å². The number of hydrogen-bond donors (Lipinski definition) is 2. The van der Waals surface area contributed by atoms with E-state index in [2.05, 4.69) is 0 Å². The Morgan fingerprint density at radius 1 is 1.54 bits per heavy atom. The molecule has 13 heavy (non-hydrogen) atoms. The number of nitrogens with two attached hydrogens (primary N) is 1. The topological polar surface area (TPSA) is 89.6 Å². The summed E-state index contributed by atoms with van der Waals surface area (Å²) in [4.78, 5) is 21.2. The van der Waals surface area contributed by atoms with Crippen molar-refractivity contribution in [3.05, 3.63) is 0 Å². The first-order valence-corrected chi connectivity index (χ1v) is 4.20. The van der Waals surface area contributed by atoms with Gasteiger partial charge >= 0.3 is 0 Å². The standard InChI is InChI=1S/C8H13NO4/c9-7(12)8(13-5-10)3-1-6(11)2-4-8/h5-6,11H,1-4H2,(H2,9,12). The molecule has 0 radical (unpaired) electrons. The monoisotopic (exact) mass is 187 g/mol. The summed E-state index contributed by atoms with van der Waals surface area (Å²) in [5.41, 5.74) is 3.95. The van der Waals surface area contributed by atoms with Crippen molar-refractivity contribution in [1.29, 1.82) is 0 Å². The van der Waals surface area contributed by atoms with Crippen LogP contribution in [0.15, 0.2) is 0 Å². The number of hydrogen-bond acceptors (Lipinski definition) is 4. The molecule has 1 aliphatic rings. The van der Waals surface area contributed by atoms with Crippen LogP contribution in [0, 0.1) is 0 Å². The first-order chi connectivity index (χ1) is 6.10. The third kappa shape index (κ3) is 1.98. The summed E-state index contributed by atoms with van der Waals surface area (Å²) < 4.78 is 4.71. The zero-order valence-electron chi connectivity index (χ0n) is 7.23. The molecule has 74 valence electrons. The minimum atomic E-state index is -1.18. The molecule has 0 aromatic carbocycles. The van der Waals surface area contributed by atoms with Crippen LogP contribution >= 0.6 is 0 Å². The van der Waals surface area contributed by atoms with Crippen molar-refractivity contribution < 1.29 is 19.4 Å². The van der Waals surface area contributed by atoms with E-state index in [1.807, 2.05) is 0 Å². The number of primary amides is 1. The zero-order chi connectivity index (χ0) is 9.90. The largest absolute Gasteiger partial charge is 0.451 e. The number of aliphatic hydroxyl groups excluding tert-OH is 1. The Morgan fingerprint density at radius 2 is 2.08 bits per heavy atom. The van der Waals surface area contributed by atoms with Gasteiger partial charge in [0.1, 0.15) is 0 Å². The van der Waals surface area contributed by atoms with Crippen molar-refractivity contribution >= 4 is 12.4 Å². The molecule has 3 N–H and O–H groups in total. The maximum absolute atomic E-state index is 11.0. The third-order valence-corrected chi connectivity index (χ3v) is 2.49. The van der Waals surface area contributed by atoms with E-state index in [9.17, 15) is 14.7 Å². The van der Waals surface area contributed by atoms with Gasteiger partial charge in [-0.3, -0.25) is 9.59 Å². The van der Waals surface area contributed by atoms with Gasteiger partial charge in [0.05, 0.1) is 6.10 Å². The molecule has 0 spiro atoms. The van der Waals surface area contributed by atoms with E-state index in [0.717, 1.165) is 0 Å². The van der Waals surface area contributed by atoms with Crippen LogP contribution in [-0.2, 0) is 14.3 Å². The first-order valence-electron chi connectivity index (χ1n) is 4.20. The lowest BCUT2D eigenvalue weighted by molar-refractivity contribution is -0.162. The smallest absolute Gasteiger partial charge is 0.294 e. The molecule has 0 atom stereocenters. The number of aliphatic hydroxyl groups is 1. The Hall–Kier alpha value is -1.10. The van der Waals surface area contributed by atoms with Gasteiger partial charge in [0.2, 0.25) is 0 Å². The van der Waals surface area contributed by atoms with Gasteiger partial charge in [-0.25, -0.2) is 0 Å². The van der Waals surface area contributed by atoms with E-state index in [1.54, 1.807) is 0 Å². The van der Waals surface area contributed by atoms with Crippen LogP contribution in [0.3, 0.4) is 0 Å². The van der Waals surface area contributed by atoms with Gasteiger partial charge in [0, 0.05) is 0 Å². The number of amides is 1. The molecule has 0 heterocycles. The summed E-state index contributed by atoms with van der Waals surface area (Å²) in [6, 6.07) is 0. The van der Waals surface area contributed by atoms with E-state index in [1.165, 1.54) is 0 Å². The van der Waals surface area contributed by atoms with Gasteiger partial charge in [-0.2, -0.15) is 0 Å². The second-order valence-corrected chi connectivity index (χ2v) is 3.30. The molecule has 1 fully saturated rings. The number of carbonyl (C=O) groups is 2. The fourth-order valence-corrected chi connectivity index (χ4v) is 1.58. The average molecular weight is 187 g/mol. The number of ether oxygens (including phenoxy) is 1. The molecule has 5 heteroatoms. The molecule has 0 saturated heterocycles. The summed E-state index contributed by atoms with van der Waals surface area (Å²) in [6.07, 6.45) is 1.08. The fraction of sp³-hybridized carbons (Fsp3) is 0.750. The number of rotatable bonds is 3. The summed E-state index contributed by atoms with van der Waals surface area (Å²) in [7, 11) is 0. The van der Waals surface area contributed by atoms with Crippen molar-refractivity contribution in [3.8, 4) is 0 Å². The van der Waals surface area contributed by atoms with Crippen molar-refractivity contribution in [2.24, 2.45) is 5.73 Å². The molecule has 1 aliphatic carbocycles. The Morgan fingerprint density at radius 3 is 2.46 bits per heavy atom. The molecule has 0 unspecified atom stereocenters. The molecule has 0 aromatic rings. The van der Waals surface area contributed by atoms with Gasteiger partial charge in [0.15, 0.2) is 5.60 Å². The van der Waals surface area contributed by atoms with Crippen molar-refractivity contribution in [1.82, 2.24) is 0 Å². The lowest BCUT2D eigenvalue weighted by Crippen LogP contribution is -2.49.